The van der Waals surface area contributed by atoms with Gasteiger partial charge in [0.1, 0.15) is 0 Å². The number of benzene rings is 1. The second-order valence-electron chi connectivity index (χ2n) is 5.32. The summed E-state index contributed by atoms with van der Waals surface area (Å²) >= 11 is 0. The van der Waals surface area contributed by atoms with Crippen molar-refractivity contribution in [3.8, 4) is 0 Å². The van der Waals surface area contributed by atoms with Crippen LogP contribution in [0.25, 0.3) is 0 Å². The molecule has 0 aliphatic heterocycles. The molecule has 0 bridgehead atoms. The molecule has 0 fully saturated rings. The van der Waals surface area contributed by atoms with Gasteiger partial charge in [0, 0.05) is 18.2 Å². The van der Waals surface area contributed by atoms with Crippen molar-refractivity contribution in [1.82, 2.24) is 5.16 Å². The van der Waals surface area contributed by atoms with Gasteiger partial charge in [0.05, 0.1) is 5.69 Å². The second kappa shape index (κ2) is 6.89. The first-order valence-electron chi connectivity index (χ1n) is 7.04. The van der Waals surface area contributed by atoms with Crippen molar-refractivity contribution in [2.45, 2.75) is 32.6 Å². The predicted octanol–water partition coefficient (Wildman–Crippen LogP) is 3.07. The minimum atomic E-state index is -0.850. The van der Waals surface area contributed by atoms with Crippen molar-refractivity contribution < 1.29 is 19.2 Å². The number of aromatic nitrogens is 1. The van der Waals surface area contributed by atoms with Gasteiger partial charge in [-0.25, -0.2) is 0 Å². The number of hydrogen-bond donors (Lipinski definition) is 2. The predicted molar refractivity (Wildman–Crippen MR) is 80.9 cm³/mol. The number of aryl methyl sites for hydroxylation is 1. The molecule has 1 heterocycles. The fraction of sp³-hybridized carbons (Fsp3) is 0.312. The van der Waals surface area contributed by atoms with Crippen LogP contribution in [-0.2, 0) is 11.2 Å². The van der Waals surface area contributed by atoms with Crippen LogP contribution in [0.4, 0.5) is 5.69 Å². The number of amides is 1. The number of hydrogen-bond acceptors (Lipinski definition) is 4. The van der Waals surface area contributed by atoms with Crippen molar-refractivity contribution in [3.63, 3.8) is 0 Å². The first-order valence-corrected chi connectivity index (χ1v) is 7.04. The Hall–Kier alpha value is -2.63. The van der Waals surface area contributed by atoms with Crippen LogP contribution in [0, 0.1) is 0 Å². The summed E-state index contributed by atoms with van der Waals surface area (Å²) in [5.74, 6) is -0.892. The Morgan fingerprint density at radius 1 is 1.32 bits per heavy atom. The first-order chi connectivity index (χ1) is 10.5. The summed E-state index contributed by atoms with van der Waals surface area (Å²) in [4.78, 5) is 22.7. The highest BCUT2D eigenvalue weighted by Crippen LogP contribution is 2.17. The maximum atomic E-state index is 12.1. The summed E-state index contributed by atoms with van der Waals surface area (Å²) in [5.41, 5.74) is 2.16. The molecule has 22 heavy (non-hydrogen) atoms. The summed E-state index contributed by atoms with van der Waals surface area (Å²) in [6, 6.07) is 8.70. The summed E-state index contributed by atoms with van der Waals surface area (Å²) in [6.45, 7) is 3.93. The highest BCUT2D eigenvalue weighted by molar-refractivity contribution is 6.02. The van der Waals surface area contributed by atoms with Crippen LogP contribution in [0.3, 0.4) is 0 Å². The normalized spacial score (nSPS) is 10.7. The van der Waals surface area contributed by atoms with Crippen molar-refractivity contribution in [1.29, 1.82) is 0 Å². The standard InChI is InChI=1S/C16H18N2O4/c1-10(2)13-9-14(22-18-13)16(21)17-12-5-3-4-11(8-12)6-7-15(19)20/h3-5,8-10H,6-7H2,1-2H3,(H,17,21)(H,19,20). The number of carboxylic acid groups (broad SMARTS) is 1. The van der Waals surface area contributed by atoms with E-state index < -0.39 is 5.97 Å². The molecule has 2 rings (SSSR count). The Labute approximate surface area is 128 Å². The van der Waals surface area contributed by atoms with E-state index in [1.165, 1.54) is 0 Å². The Kier molecular flexibility index (Phi) is 4.93. The van der Waals surface area contributed by atoms with Crippen LogP contribution in [0.1, 0.15) is 48.0 Å². The Bertz CT molecular complexity index is 676. The van der Waals surface area contributed by atoms with E-state index in [0.717, 1.165) is 11.3 Å². The van der Waals surface area contributed by atoms with E-state index in [1.54, 1.807) is 24.3 Å². The van der Waals surface area contributed by atoms with E-state index in [4.69, 9.17) is 9.63 Å². The zero-order valence-corrected chi connectivity index (χ0v) is 12.5. The van der Waals surface area contributed by atoms with Gasteiger partial charge >= 0.3 is 5.97 Å². The molecule has 0 spiro atoms. The molecule has 0 aliphatic rings. The van der Waals surface area contributed by atoms with Gasteiger partial charge in [-0.3, -0.25) is 9.59 Å². The lowest BCUT2D eigenvalue weighted by Gasteiger charge is -2.05. The molecule has 0 radical (unpaired) electrons. The molecular formula is C16H18N2O4. The monoisotopic (exact) mass is 302 g/mol. The molecule has 0 aliphatic carbocycles. The summed E-state index contributed by atoms with van der Waals surface area (Å²) in [7, 11) is 0. The number of carbonyl (C=O) groups excluding carboxylic acids is 1. The number of carboxylic acids is 1. The zero-order chi connectivity index (χ0) is 16.1. The van der Waals surface area contributed by atoms with Crippen LogP contribution in [-0.4, -0.2) is 22.1 Å². The number of rotatable bonds is 6. The van der Waals surface area contributed by atoms with Gasteiger partial charge in [0.25, 0.3) is 5.91 Å². The molecule has 1 aromatic heterocycles. The van der Waals surface area contributed by atoms with Crippen LogP contribution in [0.2, 0.25) is 0 Å². The Morgan fingerprint density at radius 2 is 2.09 bits per heavy atom. The molecule has 0 saturated carbocycles. The van der Waals surface area contributed by atoms with Gasteiger partial charge in [0.15, 0.2) is 0 Å². The second-order valence-corrected chi connectivity index (χ2v) is 5.32. The van der Waals surface area contributed by atoms with E-state index in [2.05, 4.69) is 10.5 Å². The summed E-state index contributed by atoms with van der Waals surface area (Å²) < 4.78 is 5.03. The fourth-order valence-corrected chi connectivity index (χ4v) is 1.92. The number of anilines is 1. The molecule has 6 heteroatoms. The average molecular weight is 302 g/mol. The summed E-state index contributed by atoms with van der Waals surface area (Å²) in [6.07, 6.45) is 0.468. The average Bonchev–Trinajstić information content (AvgIpc) is 2.95. The lowest BCUT2D eigenvalue weighted by Crippen LogP contribution is -2.11. The first kappa shape index (κ1) is 15.8. The minimum absolute atomic E-state index is 0.0528. The molecule has 0 saturated heterocycles. The number of nitrogens with zero attached hydrogens (tertiary/aromatic N) is 1. The largest absolute Gasteiger partial charge is 0.481 e. The van der Waals surface area contributed by atoms with Crippen LogP contribution in [0.5, 0.6) is 0 Å². The van der Waals surface area contributed by atoms with Gasteiger partial charge in [0.2, 0.25) is 5.76 Å². The van der Waals surface area contributed by atoms with Gasteiger partial charge in [-0.05, 0) is 30.0 Å². The van der Waals surface area contributed by atoms with Gasteiger partial charge < -0.3 is 14.9 Å². The van der Waals surface area contributed by atoms with Gasteiger partial charge in [-0.1, -0.05) is 31.1 Å². The Balaban J connectivity index is 2.04. The van der Waals surface area contributed by atoms with Crippen molar-refractivity contribution in [3.05, 3.63) is 47.3 Å². The van der Waals surface area contributed by atoms with Crippen molar-refractivity contribution in [2.75, 3.05) is 5.32 Å². The molecule has 1 aromatic carbocycles. The number of nitrogens with one attached hydrogen (secondary N) is 1. The summed E-state index contributed by atoms with van der Waals surface area (Å²) in [5, 5.41) is 15.3. The van der Waals surface area contributed by atoms with Gasteiger partial charge in [-0.15, -0.1) is 0 Å². The lowest BCUT2D eigenvalue weighted by molar-refractivity contribution is -0.136. The Morgan fingerprint density at radius 3 is 2.73 bits per heavy atom. The highest BCUT2D eigenvalue weighted by Gasteiger charge is 2.15. The molecule has 2 aromatic rings. The fourth-order valence-electron chi connectivity index (χ4n) is 1.92. The smallest absolute Gasteiger partial charge is 0.303 e. The number of carbonyl (C=O) groups is 2. The van der Waals surface area contributed by atoms with E-state index >= 15 is 0 Å². The maximum Gasteiger partial charge on any atom is 0.303 e. The third kappa shape index (κ3) is 4.18. The van der Waals surface area contributed by atoms with E-state index in [-0.39, 0.29) is 24.0 Å². The minimum Gasteiger partial charge on any atom is -0.481 e. The third-order valence-electron chi connectivity index (χ3n) is 3.16. The third-order valence-corrected chi connectivity index (χ3v) is 3.16. The SMILES string of the molecule is CC(C)c1cc(C(=O)Nc2cccc(CCC(=O)O)c2)on1. The molecule has 0 unspecified atom stereocenters. The van der Waals surface area contributed by atoms with Crippen molar-refractivity contribution in [2.24, 2.45) is 0 Å². The van der Waals surface area contributed by atoms with Crippen LogP contribution >= 0.6 is 0 Å². The molecule has 6 nitrogen and oxygen atoms in total. The maximum absolute atomic E-state index is 12.1. The zero-order valence-electron chi connectivity index (χ0n) is 12.5. The van der Waals surface area contributed by atoms with Gasteiger partial charge in [-0.2, -0.15) is 0 Å². The highest BCUT2D eigenvalue weighted by atomic mass is 16.5. The number of aliphatic carboxylic acids is 1. The van der Waals surface area contributed by atoms with Crippen LogP contribution in [0.15, 0.2) is 34.9 Å². The quantitative estimate of drug-likeness (QED) is 0.855. The van der Waals surface area contributed by atoms with E-state index in [0.29, 0.717) is 12.1 Å². The van der Waals surface area contributed by atoms with E-state index in [1.807, 2.05) is 19.9 Å². The van der Waals surface area contributed by atoms with Crippen LogP contribution < -0.4 is 5.32 Å². The molecule has 116 valence electrons. The molecule has 0 atom stereocenters. The molecule has 1 amide bonds. The molecular weight excluding hydrogens is 284 g/mol. The topological polar surface area (TPSA) is 92.4 Å². The molecule has 2 N–H and O–H groups in total. The van der Waals surface area contributed by atoms with Crippen molar-refractivity contribution >= 4 is 17.6 Å². The van der Waals surface area contributed by atoms with E-state index in [9.17, 15) is 9.59 Å². The lowest BCUT2D eigenvalue weighted by atomic mass is 10.1.